The molecule has 2 fully saturated rings. The molecule has 2 nitrogen and oxygen atoms in total. The van der Waals surface area contributed by atoms with E-state index in [-0.39, 0.29) is 16.6 Å². The van der Waals surface area contributed by atoms with Gasteiger partial charge in [-0.2, -0.15) is 0 Å². The molecule has 1 N–H and O–H groups in total. The second kappa shape index (κ2) is 5.41. The second-order valence-corrected chi connectivity index (χ2v) is 9.26. The fraction of sp³-hybridized carbons (Fsp3) is 0.750. The summed E-state index contributed by atoms with van der Waals surface area (Å²) >= 11 is 6.24. The fourth-order valence-electron chi connectivity index (χ4n) is 6.45. The van der Waals surface area contributed by atoms with Crippen LogP contribution in [-0.2, 0) is 4.79 Å². The molecule has 1 unspecified atom stereocenters. The summed E-state index contributed by atoms with van der Waals surface area (Å²) in [5.74, 6) is 0.546. The molecule has 0 heterocycles. The van der Waals surface area contributed by atoms with Crippen molar-refractivity contribution in [3.8, 4) is 0 Å². The Hall–Kier alpha value is -0.670. The number of aliphatic hydroxyl groups excluding tert-OH is 1. The van der Waals surface area contributed by atoms with E-state index in [1.807, 2.05) is 6.08 Å². The van der Waals surface area contributed by atoms with Gasteiger partial charge in [0.2, 0.25) is 0 Å². The molecule has 0 aromatic rings. The first kappa shape index (κ1) is 16.8. The van der Waals surface area contributed by atoms with Gasteiger partial charge < -0.3 is 5.11 Å². The maximum Gasteiger partial charge on any atom is 0.191 e. The predicted molar refractivity (Wildman–Crippen MR) is 92.1 cm³/mol. The van der Waals surface area contributed by atoms with Crippen molar-refractivity contribution in [3.63, 3.8) is 0 Å². The largest absolute Gasteiger partial charge is 0.387 e. The number of carbonyl (C=O) groups excluding carboxylic acids is 1. The molecule has 0 spiro atoms. The molecule has 0 saturated heterocycles. The fourth-order valence-corrected chi connectivity index (χ4v) is 6.79. The van der Waals surface area contributed by atoms with E-state index in [0.29, 0.717) is 35.6 Å². The van der Waals surface area contributed by atoms with Crippen molar-refractivity contribution >= 4 is 17.4 Å². The number of aliphatic hydroxyl groups is 1. The molecule has 0 amide bonds. The third-order valence-electron chi connectivity index (χ3n) is 7.94. The van der Waals surface area contributed by atoms with Crippen molar-refractivity contribution in [2.24, 2.45) is 28.6 Å². The van der Waals surface area contributed by atoms with E-state index in [0.717, 1.165) is 37.7 Å². The molecular formula is C20H26ClFO2. The number of hydrogen-bond acceptors (Lipinski definition) is 2. The lowest BCUT2D eigenvalue weighted by atomic mass is 9.45. The molecule has 0 aromatic carbocycles. The van der Waals surface area contributed by atoms with Crippen LogP contribution in [-0.4, -0.2) is 17.0 Å². The van der Waals surface area contributed by atoms with E-state index in [1.54, 1.807) is 0 Å². The van der Waals surface area contributed by atoms with E-state index in [2.05, 4.69) is 13.8 Å². The first-order valence-corrected chi connectivity index (χ1v) is 9.63. The molecule has 132 valence electrons. The van der Waals surface area contributed by atoms with Gasteiger partial charge in [0.15, 0.2) is 11.6 Å². The highest BCUT2D eigenvalue weighted by Crippen LogP contribution is 2.65. The first-order chi connectivity index (χ1) is 11.3. The third-order valence-corrected chi connectivity index (χ3v) is 8.30. The summed E-state index contributed by atoms with van der Waals surface area (Å²) in [7, 11) is 0. The maximum absolute atomic E-state index is 14.5. The van der Waals surface area contributed by atoms with Crippen LogP contribution in [0.3, 0.4) is 0 Å². The number of carbonyl (C=O) groups is 1. The highest BCUT2D eigenvalue weighted by atomic mass is 35.5. The van der Waals surface area contributed by atoms with Crippen LogP contribution in [0.2, 0.25) is 0 Å². The molecular weight excluding hydrogens is 327 g/mol. The van der Waals surface area contributed by atoms with Gasteiger partial charge >= 0.3 is 0 Å². The van der Waals surface area contributed by atoms with Gasteiger partial charge in [-0.3, -0.25) is 4.79 Å². The molecule has 0 aliphatic heterocycles. The second-order valence-electron chi connectivity index (χ2n) is 8.82. The lowest BCUT2D eigenvalue weighted by Gasteiger charge is -2.60. The maximum atomic E-state index is 14.5. The normalized spacial score (nSPS) is 48.4. The Labute approximate surface area is 148 Å². The Kier molecular flexibility index (Phi) is 3.78. The number of rotatable bonds is 0. The lowest BCUT2D eigenvalue weighted by molar-refractivity contribution is -0.123. The minimum Gasteiger partial charge on any atom is -0.387 e. The van der Waals surface area contributed by atoms with E-state index in [9.17, 15) is 14.3 Å². The van der Waals surface area contributed by atoms with E-state index < -0.39 is 11.9 Å². The van der Waals surface area contributed by atoms with Crippen molar-refractivity contribution in [1.82, 2.24) is 0 Å². The number of halogens is 2. The van der Waals surface area contributed by atoms with Crippen LogP contribution >= 0.6 is 11.6 Å². The van der Waals surface area contributed by atoms with Crippen molar-refractivity contribution in [2.75, 3.05) is 0 Å². The van der Waals surface area contributed by atoms with Gasteiger partial charge in [0.05, 0.1) is 6.10 Å². The van der Waals surface area contributed by atoms with Crippen molar-refractivity contribution < 1.29 is 14.3 Å². The van der Waals surface area contributed by atoms with Crippen LogP contribution in [0.4, 0.5) is 4.39 Å². The third kappa shape index (κ3) is 2.07. The molecule has 4 rings (SSSR count). The van der Waals surface area contributed by atoms with Gasteiger partial charge in [-0.25, -0.2) is 4.39 Å². The van der Waals surface area contributed by atoms with Crippen LogP contribution in [0.15, 0.2) is 22.5 Å². The minimum atomic E-state index is -0.576. The Balaban J connectivity index is 1.73. The van der Waals surface area contributed by atoms with Gasteiger partial charge in [-0.05, 0) is 67.3 Å². The SMILES string of the molecule is C[C@]12CCC(=O)C(F)=C1CC[C@@H]1[C@@H]2CC[C@]2(C)C(O)C(Cl)=CC[C@@H]12. The van der Waals surface area contributed by atoms with Crippen LogP contribution in [0, 0.1) is 28.6 Å². The Morgan fingerprint density at radius 3 is 2.71 bits per heavy atom. The van der Waals surface area contributed by atoms with E-state index in [1.165, 1.54) is 0 Å². The van der Waals surface area contributed by atoms with Gasteiger partial charge in [-0.1, -0.05) is 31.5 Å². The van der Waals surface area contributed by atoms with Gasteiger partial charge in [0, 0.05) is 16.9 Å². The Bertz CT molecular complexity index is 654. The molecule has 0 radical (unpaired) electrons. The highest BCUT2D eigenvalue weighted by molar-refractivity contribution is 6.30. The topological polar surface area (TPSA) is 37.3 Å². The molecule has 0 bridgehead atoms. The zero-order valence-corrected chi connectivity index (χ0v) is 15.2. The average molecular weight is 353 g/mol. The van der Waals surface area contributed by atoms with Crippen LogP contribution in [0.25, 0.3) is 0 Å². The smallest absolute Gasteiger partial charge is 0.191 e. The van der Waals surface area contributed by atoms with Crippen LogP contribution in [0.1, 0.15) is 58.8 Å². The van der Waals surface area contributed by atoms with Gasteiger partial charge in [-0.15, -0.1) is 0 Å². The molecule has 0 aromatic heterocycles. The number of Topliss-reactive ketones (excluding diaryl/α,β-unsaturated/α-hetero) is 1. The molecule has 4 aliphatic carbocycles. The van der Waals surface area contributed by atoms with Crippen molar-refractivity contribution in [1.29, 1.82) is 0 Å². The summed E-state index contributed by atoms with van der Waals surface area (Å²) < 4.78 is 14.5. The van der Waals surface area contributed by atoms with Gasteiger partial charge in [0.25, 0.3) is 0 Å². The highest BCUT2D eigenvalue weighted by Gasteiger charge is 2.58. The Morgan fingerprint density at radius 1 is 1.21 bits per heavy atom. The number of hydrogen-bond donors (Lipinski definition) is 1. The summed E-state index contributed by atoms with van der Waals surface area (Å²) in [6.45, 7) is 4.35. The molecule has 6 atom stereocenters. The molecule has 24 heavy (non-hydrogen) atoms. The van der Waals surface area contributed by atoms with Gasteiger partial charge in [0.1, 0.15) is 0 Å². The van der Waals surface area contributed by atoms with Crippen molar-refractivity contribution in [3.05, 3.63) is 22.5 Å². The zero-order valence-electron chi connectivity index (χ0n) is 14.4. The summed E-state index contributed by atoms with van der Waals surface area (Å²) in [5, 5.41) is 11.3. The standard InChI is InChI=1S/C20H26ClFO2/c1-19-10-8-16(23)17(22)14(19)4-3-11-12-5-6-15(21)18(24)20(12,2)9-7-13(11)19/h6,11-13,18,24H,3-5,7-10H2,1-2H3/t11-,12-,13-,18?,19+,20-/m0/s1. The first-order valence-electron chi connectivity index (χ1n) is 9.25. The van der Waals surface area contributed by atoms with E-state index >= 15 is 0 Å². The summed E-state index contributed by atoms with van der Waals surface area (Å²) in [5.41, 5.74) is 0.430. The molecule has 4 aliphatic rings. The quantitative estimate of drug-likeness (QED) is 0.672. The average Bonchev–Trinajstić information content (AvgIpc) is 2.55. The van der Waals surface area contributed by atoms with E-state index in [4.69, 9.17) is 11.6 Å². The molecule has 4 heteroatoms. The minimum absolute atomic E-state index is 0.173. The Morgan fingerprint density at radius 2 is 1.96 bits per heavy atom. The summed E-state index contributed by atoms with van der Waals surface area (Å²) in [4.78, 5) is 11.8. The zero-order chi connectivity index (χ0) is 17.3. The van der Waals surface area contributed by atoms with Crippen molar-refractivity contribution in [2.45, 2.75) is 64.9 Å². The number of allylic oxidation sites excluding steroid dienone is 3. The van der Waals surface area contributed by atoms with Crippen LogP contribution < -0.4 is 0 Å². The summed E-state index contributed by atoms with van der Waals surface area (Å²) in [6.07, 6.45) is 6.95. The monoisotopic (exact) mass is 352 g/mol. The summed E-state index contributed by atoms with van der Waals surface area (Å²) in [6, 6.07) is 0. The molecule has 2 saturated carbocycles. The number of ketones is 1. The number of fused-ring (bicyclic) bond motifs is 5. The lowest BCUT2D eigenvalue weighted by Crippen LogP contribution is -2.55. The predicted octanol–water partition coefficient (Wildman–Crippen LogP) is 4.91. The van der Waals surface area contributed by atoms with Crippen LogP contribution in [0.5, 0.6) is 0 Å².